The summed E-state index contributed by atoms with van der Waals surface area (Å²) in [7, 11) is 2.12. The first-order valence-electron chi connectivity index (χ1n) is 18.6. The van der Waals surface area contributed by atoms with E-state index in [1.807, 2.05) is 41.7 Å². The maximum absolute atomic E-state index is 13.0. The summed E-state index contributed by atoms with van der Waals surface area (Å²) in [6.45, 7) is 3.96. The van der Waals surface area contributed by atoms with Gasteiger partial charge in [-0.15, -0.1) is 11.3 Å². The molecule has 1 aliphatic rings. The number of terminal acetylenes is 1. The number of carbonyl (C=O) groups is 1. The number of aromatic nitrogens is 3. The molecule has 2 aromatic carbocycles. The third kappa shape index (κ3) is 19.4. The van der Waals surface area contributed by atoms with E-state index in [-0.39, 0.29) is 25.9 Å². The Balaban J connectivity index is -0.000000163. The van der Waals surface area contributed by atoms with Gasteiger partial charge in [0.15, 0.2) is 11.5 Å². The number of nitrogens with two attached hydrogens (primary N) is 1. The quantitative estimate of drug-likeness (QED) is 0.0589. The van der Waals surface area contributed by atoms with Crippen LogP contribution in [0.25, 0.3) is 10.8 Å². The average Bonchev–Trinajstić information content (AvgIpc) is 3.33. The summed E-state index contributed by atoms with van der Waals surface area (Å²) in [6, 6.07) is 14.0. The molecular formula is C50H50N14O2. The molecule has 0 bridgehead atoms. The molecule has 66 heavy (non-hydrogen) atoms. The lowest BCUT2D eigenvalue weighted by atomic mass is 9.98. The van der Waals surface area contributed by atoms with E-state index in [2.05, 4.69) is 206 Å². The van der Waals surface area contributed by atoms with E-state index in [9.17, 15) is 4.79 Å². The van der Waals surface area contributed by atoms with Crippen LogP contribution >= 0.6 is 0 Å². The maximum Gasteiger partial charge on any atom is 0.274 e. The number of hydrogen-bond acceptors (Lipinski definition) is 9. The zero-order chi connectivity index (χ0) is 47.3. The summed E-state index contributed by atoms with van der Waals surface area (Å²) in [5, 5.41) is 23.1. The number of benzene rings is 2. The van der Waals surface area contributed by atoms with Crippen LogP contribution in [0.2, 0.25) is 0 Å². The van der Waals surface area contributed by atoms with Crippen molar-refractivity contribution < 1.29 is 19.1 Å². The molecule has 0 unspecified atom stereocenters. The van der Waals surface area contributed by atoms with Gasteiger partial charge in [0.25, 0.3) is 5.91 Å². The van der Waals surface area contributed by atoms with Gasteiger partial charge < -0.3 is 21.3 Å². The molecule has 0 radical (unpaired) electrons. The Morgan fingerprint density at radius 1 is 0.773 bits per heavy atom. The minimum absolute atomic E-state index is 0. The number of nitroso groups, excluding NO2 is 1. The zero-order valence-corrected chi connectivity index (χ0v) is 35.0. The minimum Gasteiger partial charge on any atom is -0.383 e. The Bertz CT molecular complexity index is 3340. The lowest BCUT2D eigenvalue weighted by Crippen LogP contribution is -2.27. The number of pyridine rings is 1. The Hall–Kier alpha value is -10.9. The zero-order valence-electron chi connectivity index (χ0n) is 35.0. The van der Waals surface area contributed by atoms with E-state index in [1.165, 1.54) is 17.3 Å². The highest BCUT2D eigenvalue weighted by Crippen LogP contribution is 2.28. The van der Waals surface area contributed by atoms with E-state index in [1.54, 1.807) is 19.3 Å². The Labute approximate surface area is 396 Å². The Kier molecular flexibility index (Phi) is 23.2. The van der Waals surface area contributed by atoms with Gasteiger partial charge in [0.2, 0.25) is 0 Å². The molecule has 16 nitrogen and oxygen atoms in total. The third-order valence-corrected chi connectivity index (χ3v) is 7.58. The number of anilines is 3. The number of nitrogen functional groups attached to an aromatic ring is 1. The fourth-order valence-electron chi connectivity index (χ4n) is 4.98. The number of carbonyl (C=O) groups excluding carboxylic acids is 1. The fraction of sp³-hybridized carbons (Fsp3) is 0.120. The van der Waals surface area contributed by atoms with Gasteiger partial charge in [0.05, 0.1) is 0 Å². The first-order valence-corrected chi connectivity index (χ1v) is 18.6. The van der Waals surface area contributed by atoms with Crippen LogP contribution in [0.4, 0.5) is 17.3 Å². The standard InChI is InChI=1S/C25H25N7O.C25H4.HN7O.10H2/c1-32-12-8-19-18(15-32)3-2-4-21(19)31-24-22(27-10-11-29-24)25(33)30-14-16-5-6-20-17(13-16)7-9-28-23(20)26;1-3-5-7-9-11-13-15-17-19-21-23-25-24-22-20-18-16-14-12-10-8-6-4-2;1-2-3-4-5-6-7-8;;;;;;;;;;/h2-7,9-11,13H,8,12,14-15H2,1H3,(H2,26,28)(H,29,31)(H,30,33);1H,2H3;1H;10*1H/b;;2-1?,4-3+,6-5+;;;;;;;;;;. The second-order valence-electron chi connectivity index (χ2n) is 11.8. The predicted molar refractivity (Wildman–Crippen MR) is 271 cm³/mol. The van der Waals surface area contributed by atoms with Crippen molar-refractivity contribution in [3.05, 3.63) is 88.3 Å². The van der Waals surface area contributed by atoms with E-state index < -0.39 is 0 Å². The van der Waals surface area contributed by atoms with Crippen LogP contribution in [0.5, 0.6) is 0 Å². The molecule has 0 fully saturated rings. The van der Waals surface area contributed by atoms with E-state index in [0.717, 1.165) is 41.5 Å². The van der Waals surface area contributed by atoms with Crippen molar-refractivity contribution >= 4 is 34.0 Å². The van der Waals surface area contributed by atoms with Crippen LogP contribution in [0.1, 0.15) is 48.4 Å². The van der Waals surface area contributed by atoms with Crippen molar-refractivity contribution in [2.24, 2.45) is 31.4 Å². The molecular weight excluding hydrogens is 829 g/mol. The molecule has 2 aromatic heterocycles. The molecule has 1 aliphatic heterocycles. The van der Waals surface area contributed by atoms with Crippen LogP contribution in [-0.4, -0.2) is 39.4 Å². The van der Waals surface area contributed by atoms with E-state index in [4.69, 9.17) is 22.6 Å². The van der Waals surface area contributed by atoms with E-state index in [0.29, 0.717) is 18.2 Å². The van der Waals surface area contributed by atoms with Crippen LogP contribution in [0, 0.1) is 153 Å². The molecule has 5 N–H and O–H groups in total. The van der Waals surface area contributed by atoms with Gasteiger partial charge in [0, 0.05) is 110 Å². The fourth-order valence-corrected chi connectivity index (χ4v) is 4.98. The summed E-state index contributed by atoms with van der Waals surface area (Å²) < 4.78 is 0. The largest absolute Gasteiger partial charge is 0.383 e. The Morgan fingerprint density at radius 3 is 1.95 bits per heavy atom. The Morgan fingerprint density at radius 2 is 1.36 bits per heavy atom. The highest BCUT2D eigenvalue weighted by Gasteiger charge is 2.19. The van der Waals surface area contributed by atoms with Crippen molar-refractivity contribution in [1.29, 1.82) is 5.53 Å². The van der Waals surface area contributed by atoms with Gasteiger partial charge in [-0.05, 0) is 171 Å². The summed E-state index contributed by atoms with van der Waals surface area (Å²) in [6.07, 6.45) is 10.6. The second-order valence-corrected chi connectivity index (χ2v) is 11.8. The van der Waals surface area contributed by atoms with Crippen molar-refractivity contribution in [3.8, 4) is 143 Å². The van der Waals surface area contributed by atoms with Crippen molar-refractivity contribution in [1.82, 2.24) is 25.2 Å². The SMILES string of the molecule is C#CC#CC#CC#CC#CC#CC#CC#CC#CC#CC#CC#CC.CN1CCc2c(cccc2Nc2nccnc2C(=O)NCc2ccc3c(N)nccc3c2)C1.N=N/N=N/N=N/N=O.[HH].[HH].[HH].[HH].[HH].[HH].[HH].[HH].[HH].[HH]. The average molecular weight is 879 g/mol. The number of fused-ring (bicyclic) bond motifs is 2. The van der Waals surface area contributed by atoms with Gasteiger partial charge in [-0.2, -0.15) is 5.53 Å². The monoisotopic (exact) mass is 878 g/mol. The van der Waals surface area contributed by atoms with Crippen LogP contribution in [0.15, 0.2) is 92.5 Å². The van der Waals surface area contributed by atoms with Crippen LogP contribution in [-0.2, 0) is 19.5 Å². The first kappa shape index (κ1) is 49.4. The number of likely N-dealkylation sites (N-methyl/N-ethyl adjacent to an activating group) is 1. The van der Waals surface area contributed by atoms with Crippen molar-refractivity contribution in [3.63, 3.8) is 0 Å². The summed E-state index contributed by atoms with van der Waals surface area (Å²) in [5.74, 6) is 57.5. The first-order chi connectivity index (χ1) is 32.4. The van der Waals surface area contributed by atoms with Crippen LogP contribution < -0.4 is 16.4 Å². The lowest BCUT2D eigenvalue weighted by Gasteiger charge is -2.27. The van der Waals surface area contributed by atoms with Crippen molar-refractivity contribution in [2.75, 3.05) is 24.6 Å². The molecule has 16 heteroatoms. The minimum atomic E-state index is -0.288. The number of nitrogens with zero attached hydrogens (tertiary/aromatic N) is 10. The number of rotatable bonds is 8. The van der Waals surface area contributed by atoms with Gasteiger partial charge >= 0.3 is 0 Å². The lowest BCUT2D eigenvalue weighted by molar-refractivity contribution is 0.0946. The maximum atomic E-state index is 13.0. The molecule has 332 valence electrons. The van der Waals surface area contributed by atoms with Gasteiger partial charge in [-0.25, -0.2) is 15.0 Å². The van der Waals surface area contributed by atoms with Gasteiger partial charge in [0.1, 0.15) is 11.1 Å². The topological polar surface area (TPSA) is 224 Å². The molecule has 0 atom stereocenters. The molecule has 5 rings (SSSR count). The smallest absolute Gasteiger partial charge is 0.274 e. The van der Waals surface area contributed by atoms with Crippen LogP contribution in [0.3, 0.4) is 0 Å². The molecule has 1 amide bonds. The van der Waals surface area contributed by atoms with Crippen molar-refractivity contribution in [2.45, 2.75) is 26.4 Å². The number of amides is 1. The third-order valence-electron chi connectivity index (χ3n) is 7.58. The molecule has 0 spiro atoms. The molecule has 0 saturated carbocycles. The highest BCUT2D eigenvalue weighted by atomic mass is 16.3. The summed E-state index contributed by atoms with van der Waals surface area (Å²) in [4.78, 5) is 37.2. The highest BCUT2D eigenvalue weighted by molar-refractivity contribution is 5.97. The predicted octanol–water partition coefficient (Wildman–Crippen LogP) is 7.84. The molecule has 3 heterocycles. The molecule has 0 saturated heterocycles. The normalized spacial score (nSPS) is 9.47. The summed E-state index contributed by atoms with van der Waals surface area (Å²) in [5.41, 5.74) is 16.7. The van der Waals surface area contributed by atoms with Gasteiger partial charge in [-0.3, -0.25) is 4.79 Å². The second kappa shape index (κ2) is 31.0. The van der Waals surface area contributed by atoms with E-state index >= 15 is 0 Å². The number of hydrogen-bond donors (Lipinski definition) is 4. The summed E-state index contributed by atoms with van der Waals surface area (Å²) >= 11 is 0. The molecule has 4 aromatic rings. The molecule has 0 aliphatic carbocycles. The van der Waals surface area contributed by atoms with Gasteiger partial charge in [-0.1, -0.05) is 30.2 Å². The number of nitrogens with one attached hydrogen (secondary N) is 3.